The van der Waals surface area contributed by atoms with Crippen molar-refractivity contribution in [3.8, 4) is 0 Å². The second kappa shape index (κ2) is 6.22. The van der Waals surface area contributed by atoms with Crippen LogP contribution in [0, 0.1) is 5.41 Å². The lowest BCUT2D eigenvalue weighted by atomic mass is 9.84. The third-order valence-electron chi connectivity index (χ3n) is 4.95. The highest BCUT2D eigenvalue weighted by molar-refractivity contribution is 5.80. The number of hydrogen-bond acceptors (Lipinski definition) is 3. The monoisotopic (exact) mass is 297 g/mol. The third-order valence-corrected chi connectivity index (χ3v) is 4.95. The van der Waals surface area contributed by atoms with E-state index in [0.717, 1.165) is 25.9 Å². The van der Waals surface area contributed by atoms with Crippen molar-refractivity contribution in [1.82, 2.24) is 14.7 Å². The second-order valence-electron chi connectivity index (χ2n) is 6.64. The standard InChI is InChI=1S/C15H27N3O3/c1-4-15(13(19)20)7-9-17(11-15)14(21)18-8-5-6-12(18)10-16(2)3/h12H,4-11H2,1-3H3,(H,19,20). The number of rotatable bonds is 4. The van der Waals surface area contributed by atoms with Crippen LogP contribution in [0.5, 0.6) is 0 Å². The molecule has 2 aliphatic heterocycles. The minimum Gasteiger partial charge on any atom is -0.481 e. The van der Waals surface area contributed by atoms with Crippen molar-refractivity contribution in [2.24, 2.45) is 5.41 Å². The van der Waals surface area contributed by atoms with E-state index in [1.165, 1.54) is 0 Å². The van der Waals surface area contributed by atoms with Crippen LogP contribution in [-0.4, -0.2) is 78.1 Å². The van der Waals surface area contributed by atoms with Crippen molar-refractivity contribution in [3.05, 3.63) is 0 Å². The summed E-state index contributed by atoms with van der Waals surface area (Å²) in [6.45, 7) is 4.47. The maximum atomic E-state index is 12.7. The molecule has 6 heteroatoms. The Kier molecular flexibility index (Phi) is 4.76. The van der Waals surface area contributed by atoms with Crippen molar-refractivity contribution in [2.45, 2.75) is 38.6 Å². The molecule has 2 rings (SSSR count). The lowest BCUT2D eigenvalue weighted by Crippen LogP contribution is -2.48. The van der Waals surface area contributed by atoms with E-state index in [9.17, 15) is 14.7 Å². The number of likely N-dealkylation sites (tertiary alicyclic amines) is 2. The highest BCUT2D eigenvalue weighted by Crippen LogP contribution is 2.35. The summed E-state index contributed by atoms with van der Waals surface area (Å²) < 4.78 is 0. The largest absolute Gasteiger partial charge is 0.481 e. The van der Waals surface area contributed by atoms with Crippen LogP contribution < -0.4 is 0 Å². The quantitative estimate of drug-likeness (QED) is 0.850. The fraction of sp³-hybridized carbons (Fsp3) is 0.867. The first-order chi connectivity index (χ1) is 9.89. The number of urea groups is 1. The number of nitrogens with zero attached hydrogens (tertiary/aromatic N) is 3. The van der Waals surface area contributed by atoms with Gasteiger partial charge in [-0.1, -0.05) is 6.92 Å². The molecule has 0 aliphatic carbocycles. The van der Waals surface area contributed by atoms with Gasteiger partial charge >= 0.3 is 12.0 Å². The maximum absolute atomic E-state index is 12.7. The predicted molar refractivity (Wildman–Crippen MR) is 80.2 cm³/mol. The van der Waals surface area contributed by atoms with Gasteiger partial charge in [-0.05, 0) is 39.8 Å². The molecule has 2 fully saturated rings. The fourth-order valence-electron chi connectivity index (χ4n) is 3.53. The summed E-state index contributed by atoms with van der Waals surface area (Å²) in [6, 6.07) is 0.282. The van der Waals surface area contributed by atoms with Crippen LogP contribution >= 0.6 is 0 Å². The molecular weight excluding hydrogens is 270 g/mol. The van der Waals surface area contributed by atoms with Gasteiger partial charge in [-0.15, -0.1) is 0 Å². The van der Waals surface area contributed by atoms with Gasteiger partial charge in [-0.2, -0.15) is 0 Å². The Balaban J connectivity index is 2.02. The highest BCUT2D eigenvalue weighted by Gasteiger charge is 2.46. The summed E-state index contributed by atoms with van der Waals surface area (Å²) in [7, 11) is 4.03. The molecule has 2 unspecified atom stereocenters. The third kappa shape index (κ3) is 3.15. The van der Waals surface area contributed by atoms with E-state index in [2.05, 4.69) is 4.90 Å². The number of carboxylic acid groups (broad SMARTS) is 1. The average Bonchev–Trinajstić information content (AvgIpc) is 3.04. The minimum absolute atomic E-state index is 0.0240. The Labute approximate surface area is 126 Å². The van der Waals surface area contributed by atoms with Crippen molar-refractivity contribution >= 4 is 12.0 Å². The first kappa shape index (κ1) is 16.1. The molecule has 1 N–H and O–H groups in total. The first-order valence-electron chi connectivity index (χ1n) is 7.83. The maximum Gasteiger partial charge on any atom is 0.320 e. The molecule has 21 heavy (non-hydrogen) atoms. The Hall–Kier alpha value is -1.30. The molecule has 6 nitrogen and oxygen atoms in total. The summed E-state index contributed by atoms with van der Waals surface area (Å²) >= 11 is 0. The van der Waals surface area contributed by atoms with Gasteiger partial charge in [0, 0.05) is 32.2 Å². The van der Waals surface area contributed by atoms with Crippen LogP contribution in [-0.2, 0) is 4.79 Å². The molecular formula is C15H27N3O3. The molecule has 120 valence electrons. The van der Waals surface area contributed by atoms with Crippen LogP contribution in [0.15, 0.2) is 0 Å². The van der Waals surface area contributed by atoms with Gasteiger partial charge in [0.2, 0.25) is 0 Å². The average molecular weight is 297 g/mol. The number of carbonyl (C=O) groups excluding carboxylic acids is 1. The zero-order valence-electron chi connectivity index (χ0n) is 13.3. The normalized spacial score (nSPS) is 29.4. The minimum atomic E-state index is -0.772. The van der Waals surface area contributed by atoms with Crippen LogP contribution in [0.4, 0.5) is 4.79 Å². The van der Waals surface area contributed by atoms with Crippen molar-refractivity contribution in [2.75, 3.05) is 40.3 Å². The number of hydrogen-bond donors (Lipinski definition) is 1. The number of aliphatic carboxylic acids is 1. The van der Waals surface area contributed by atoms with Gasteiger partial charge in [0.05, 0.1) is 5.41 Å². The van der Waals surface area contributed by atoms with Crippen molar-refractivity contribution in [1.29, 1.82) is 0 Å². The van der Waals surface area contributed by atoms with Crippen LogP contribution in [0.25, 0.3) is 0 Å². The Morgan fingerprint density at radius 3 is 2.57 bits per heavy atom. The number of amides is 2. The van der Waals surface area contributed by atoms with Crippen molar-refractivity contribution < 1.29 is 14.7 Å². The number of likely N-dealkylation sites (N-methyl/N-ethyl adjacent to an activating group) is 1. The van der Waals surface area contributed by atoms with Gasteiger partial charge in [-0.3, -0.25) is 4.79 Å². The smallest absolute Gasteiger partial charge is 0.320 e. The van der Waals surface area contributed by atoms with Gasteiger partial charge in [0.25, 0.3) is 0 Å². The van der Waals surface area contributed by atoms with Crippen LogP contribution in [0.3, 0.4) is 0 Å². The lowest BCUT2D eigenvalue weighted by Gasteiger charge is -2.31. The zero-order valence-corrected chi connectivity index (χ0v) is 13.3. The van der Waals surface area contributed by atoms with E-state index in [0.29, 0.717) is 25.9 Å². The molecule has 0 bridgehead atoms. The number of carbonyl (C=O) groups is 2. The molecule has 0 spiro atoms. The molecule has 2 aliphatic rings. The number of carboxylic acids is 1. The van der Waals surface area contributed by atoms with E-state index < -0.39 is 11.4 Å². The Morgan fingerprint density at radius 2 is 2.05 bits per heavy atom. The van der Waals surface area contributed by atoms with E-state index in [1.54, 1.807) is 4.90 Å². The Bertz CT molecular complexity index is 413. The lowest BCUT2D eigenvalue weighted by molar-refractivity contribution is -0.148. The second-order valence-corrected chi connectivity index (χ2v) is 6.64. The molecule has 0 aromatic rings. The molecule has 0 aromatic heterocycles. The highest BCUT2D eigenvalue weighted by atomic mass is 16.4. The fourth-order valence-corrected chi connectivity index (χ4v) is 3.53. The summed E-state index contributed by atoms with van der Waals surface area (Å²) in [5.74, 6) is -0.772. The molecule has 0 saturated carbocycles. The van der Waals surface area contributed by atoms with Crippen LogP contribution in [0.1, 0.15) is 32.6 Å². The molecule has 2 saturated heterocycles. The summed E-state index contributed by atoms with van der Waals surface area (Å²) in [5.41, 5.74) is -0.744. The van der Waals surface area contributed by atoms with E-state index >= 15 is 0 Å². The zero-order chi connectivity index (χ0) is 15.6. The summed E-state index contributed by atoms with van der Waals surface area (Å²) in [5, 5.41) is 9.44. The van der Waals surface area contributed by atoms with Gasteiger partial charge in [0.1, 0.15) is 0 Å². The Morgan fingerprint density at radius 1 is 1.33 bits per heavy atom. The van der Waals surface area contributed by atoms with Gasteiger partial charge in [-0.25, -0.2) is 4.79 Å². The van der Waals surface area contributed by atoms with E-state index in [-0.39, 0.29) is 12.1 Å². The summed E-state index contributed by atoms with van der Waals surface area (Å²) in [4.78, 5) is 30.0. The molecule has 0 aromatic carbocycles. The SMILES string of the molecule is CCC1(C(=O)O)CCN(C(=O)N2CCCC2CN(C)C)C1. The van der Waals surface area contributed by atoms with E-state index in [1.807, 2.05) is 25.9 Å². The molecule has 0 radical (unpaired) electrons. The predicted octanol–water partition coefficient (Wildman–Crippen LogP) is 1.32. The summed E-state index contributed by atoms with van der Waals surface area (Å²) in [6.07, 6.45) is 3.22. The molecule has 2 heterocycles. The molecule has 2 atom stereocenters. The molecule has 2 amide bonds. The van der Waals surface area contributed by atoms with E-state index in [4.69, 9.17) is 0 Å². The van der Waals surface area contributed by atoms with Crippen molar-refractivity contribution in [3.63, 3.8) is 0 Å². The van der Waals surface area contributed by atoms with Crippen LogP contribution in [0.2, 0.25) is 0 Å². The topological polar surface area (TPSA) is 64.1 Å². The first-order valence-corrected chi connectivity index (χ1v) is 7.83. The van der Waals surface area contributed by atoms with Gasteiger partial charge < -0.3 is 19.8 Å². The van der Waals surface area contributed by atoms with Gasteiger partial charge in [0.15, 0.2) is 0 Å².